The number of nitrogens with one attached hydrogen (secondary N) is 2. The van der Waals surface area contributed by atoms with Gasteiger partial charge >= 0.3 is 0 Å². The number of aryl methyl sites for hydroxylation is 1. The summed E-state index contributed by atoms with van der Waals surface area (Å²) in [4.78, 5) is 11.5. The second-order valence-corrected chi connectivity index (χ2v) is 3.68. The van der Waals surface area contributed by atoms with Crippen molar-refractivity contribution in [3.05, 3.63) is 24.0 Å². The van der Waals surface area contributed by atoms with Gasteiger partial charge in [-0.15, -0.1) is 0 Å². The third kappa shape index (κ3) is 1.80. The Bertz CT molecular complexity index is 328. The van der Waals surface area contributed by atoms with Gasteiger partial charge in [0.25, 0.3) is 0 Å². The number of carbonyl (C=O) groups is 1. The maximum atomic E-state index is 11.5. The predicted molar refractivity (Wildman–Crippen MR) is 53.6 cm³/mol. The van der Waals surface area contributed by atoms with E-state index in [1.807, 2.05) is 29.9 Å². The van der Waals surface area contributed by atoms with E-state index in [1.165, 1.54) is 0 Å². The Morgan fingerprint density at radius 2 is 2.50 bits per heavy atom. The summed E-state index contributed by atoms with van der Waals surface area (Å²) in [6.07, 6.45) is 1.98. The Morgan fingerprint density at radius 3 is 3.00 bits per heavy atom. The molecule has 2 rings (SSSR count). The topological polar surface area (TPSA) is 46.1 Å². The van der Waals surface area contributed by atoms with E-state index < -0.39 is 0 Å². The van der Waals surface area contributed by atoms with Crippen LogP contribution in [0.15, 0.2) is 18.3 Å². The van der Waals surface area contributed by atoms with Gasteiger partial charge in [0, 0.05) is 32.0 Å². The molecule has 0 saturated carbocycles. The fraction of sp³-hybridized carbons (Fsp3) is 0.500. The Morgan fingerprint density at radius 1 is 1.71 bits per heavy atom. The zero-order valence-electron chi connectivity index (χ0n) is 8.29. The monoisotopic (exact) mass is 193 g/mol. The lowest BCUT2D eigenvalue weighted by atomic mass is 10.0. The summed E-state index contributed by atoms with van der Waals surface area (Å²) in [5, 5.41) is 6.01. The molecule has 1 aromatic heterocycles. The average Bonchev–Trinajstić information content (AvgIpc) is 2.44. The highest BCUT2D eigenvalue weighted by Crippen LogP contribution is 2.04. The summed E-state index contributed by atoms with van der Waals surface area (Å²) in [5.74, 6) is 0.334. The van der Waals surface area contributed by atoms with Gasteiger partial charge in [-0.3, -0.25) is 4.79 Å². The average molecular weight is 193 g/mol. The van der Waals surface area contributed by atoms with E-state index in [9.17, 15) is 4.79 Å². The normalized spacial score (nSPS) is 16.4. The van der Waals surface area contributed by atoms with Gasteiger partial charge in [-0.2, -0.15) is 0 Å². The summed E-state index contributed by atoms with van der Waals surface area (Å²) in [5.41, 5.74) is 1.13. The summed E-state index contributed by atoms with van der Waals surface area (Å²) in [7, 11) is 1.98. The molecule has 76 valence electrons. The smallest absolute Gasteiger partial charge is 0.226 e. The van der Waals surface area contributed by atoms with Crippen molar-refractivity contribution in [1.82, 2.24) is 15.2 Å². The van der Waals surface area contributed by atoms with Crippen LogP contribution in [-0.4, -0.2) is 23.6 Å². The summed E-state index contributed by atoms with van der Waals surface area (Å²) < 4.78 is 2.01. The summed E-state index contributed by atoms with van der Waals surface area (Å²) >= 11 is 0. The number of carbonyl (C=O) groups excluding carboxylic acids is 1. The van der Waals surface area contributed by atoms with Gasteiger partial charge in [-0.05, 0) is 12.1 Å². The minimum atomic E-state index is 0.157. The van der Waals surface area contributed by atoms with Gasteiger partial charge in [0.05, 0.1) is 12.5 Å². The number of rotatable bonds is 3. The molecule has 0 atom stereocenters. The molecular weight excluding hydrogens is 178 g/mol. The van der Waals surface area contributed by atoms with Crippen LogP contribution in [0.3, 0.4) is 0 Å². The van der Waals surface area contributed by atoms with E-state index in [2.05, 4.69) is 10.6 Å². The maximum Gasteiger partial charge on any atom is 0.226 e. The first-order valence-electron chi connectivity index (χ1n) is 4.86. The van der Waals surface area contributed by atoms with Gasteiger partial charge in [0.2, 0.25) is 5.91 Å². The molecule has 0 spiro atoms. The minimum Gasteiger partial charge on any atom is -0.353 e. The molecule has 0 radical (unpaired) electrons. The molecule has 4 heteroatoms. The first kappa shape index (κ1) is 9.27. The number of nitrogens with zero attached hydrogens (tertiary/aromatic N) is 1. The lowest BCUT2D eigenvalue weighted by molar-refractivity contribution is -0.126. The van der Waals surface area contributed by atoms with E-state index in [-0.39, 0.29) is 11.8 Å². The summed E-state index contributed by atoms with van der Waals surface area (Å²) in [6.45, 7) is 2.26. The lowest BCUT2D eigenvalue weighted by Gasteiger charge is -2.25. The highest BCUT2D eigenvalue weighted by Gasteiger charge is 2.24. The number of amides is 1. The molecule has 2 heterocycles. The van der Waals surface area contributed by atoms with Crippen LogP contribution in [0.5, 0.6) is 0 Å². The molecule has 2 N–H and O–H groups in total. The van der Waals surface area contributed by atoms with Crippen molar-refractivity contribution in [2.45, 2.75) is 6.54 Å². The van der Waals surface area contributed by atoms with E-state index in [0.717, 1.165) is 18.8 Å². The molecule has 14 heavy (non-hydrogen) atoms. The third-order valence-corrected chi connectivity index (χ3v) is 2.65. The van der Waals surface area contributed by atoms with E-state index in [1.54, 1.807) is 0 Å². The van der Waals surface area contributed by atoms with Crippen molar-refractivity contribution in [2.75, 3.05) is 13.1 Å². The molecule has 0 aliphatic carbocycles. The molecular formula is C10H15N3O. The van der Waals surface area contributed by atoms with Gasteiger partial charge in [-0.1, -0.05) is 0 Å². The van der Waals surface area contributed by atoms with Crippen molar-refractivity contribution in [2.24, 2.45) is 13.0 Å². The maximum absolute atomic E-state index is 11.5. The minimum absolute atomic E-state index is 0.157. The molecule has 0 aromatic carbocycles. The molecule has 1 fully saturated rings. The van der Waals surface area contributed by atoms with Crippen molar-refractivity contribution in [3.63, 3.8) is 0 Å². The zero-order valence-corrected chi connectivity index (χ0v) is 8.29. The van der Waals surface area contributed by atoms with Crippen molar-refractivity contribution < 1.29 is 4.79 Å². The van der Waals surface area contributed by atoms with Crippen molar-refractivity contribution >= 4 is 5.91 Å². The number of aromatic nitrogens is 1. The van der Waals surface area contributed by atoms with E-state index in [0.29, 0.717) is 6.54 Å². The van der Waals surface area contributed by atoms with Crippen molar-refractivity contribution in [1.29, 1.82) is 0 Å². The van der Waals surface area contributed by atoms with Gasteiger partial charge in [0.1, 0.15) is 0 Å². The molecule has 1 aliphatic heterocycles. The van der Waals surface area contributed by atoms with E-state index >= 15 is 0 Å². The van der Waals surface area contributed by atoms with Crippen LogP contribution in [0.1, 0.15) is 5.69 Å². The SMILES string of the molecule is Cn1cccc1CNC(=O)C1CNC1. The first-order valence-corrected chi connectivity index (χ1v) is 4.86. The quantitative estimate of drug-likeness (QED) is 0.702. The standard InChI is InChI=1S/C10H15N3O/c1-13-4-2-3-9(13)7-12-10(14)8-5-11-6-8/h2-4,8,11H,5-7H2,1H3,(H,12,14). The molecule has 1 aromatic rings. The Kier molecular flexibility index (Phi) is 2.54. The molecule has 0 bridgehead atoms. The van der Waals surface area contributed by atoms with Gasteiger partial charge < -0.3 is 15.2 Å². The Labute approximate surface area is 83.3 Å². The van der Waals surface area contributed by atoms with Gasteiger partial charge in [-0.25, -0.2) is 0 Å². The van der Waals surface area contributed by atoms with Crippen LogP contribution in [0.2, 0.25) is 0 Å². The predicted octanol–water partition coefficient (Wildman–Crippen LogP) is -0.139. The Hall–Kier alpha value is -1.29. The Balaban J connectivity index is 1.82. The molecule has 1 saturated heterocycles. The van der Waals surface area contributed by atoms with Crippen LogP contribution in [0.4, 0.5) is 0 Å². The highest BCUT2D eigenvalue weighted by atomic mass is 16.2. The molecule has 4 nitrogen and oxygen atoms in total. The van der Waals surface area contributed by atoms with E-state index in [4.69, 9.17) is 0 Å². The number of hydrogen-bond acceptors (Lipinski definition) is 2. The van der Waals surface area contributed by atoms with Crippen LogP contribution >= 0.6 is 0 Å². The molecule has 1 amide bonds. The fourth-order valence-corrected chi connectivity index (χ4v) is 1.48. The van der Waals surface area contributed by atoms with Crippen LogP contribution in [0.25, 0.3) is 0 Å². The number of hydrogen-bond donors (Lipinski definition) is 2. The zero-order chi connectivity index (χ0) is 9.97. The van der Waals surface area contributed by atoms with Crippen LogP contribution in [-0.2, 0) is 18.4 Å². The second kappa shape index (κ2) is 3.84. The highest BCUT2D eigenvalue weighted by molar-refractivity contribution is 5.79. The molecule has 1 aliphatic rings. The lowest BCUT2D eigenvalue weighted by Crippen LogP contribution is -2.50. The summed E-state index contributed by atoms with van der Waals surface area (Å²) in [6, 6.07) is 3.99. The first-order chi connectivity index (χ1) is 6.77. The largest absolute Gasteiger partial charge is 0.353 e. The van der Waals surface area contributed by atoms with Crippen molar-refractivity contribution in [3.8, 4) is 0 Å². The van der Waals surface area contributed by atoms with Crippen LogP contribution < -0.4 is 10.6 Å². The second-order valence-electron chi connectivity index (χ2n) is 3.68. The van der Waals surface area contributed by atoms with Gasteiger partial charge in [0.15, 0.2) is 0 Å². The molecule has 0 unspecified atom stereocenters. The van der Waals surface area contributed by atoms with Crippen LogP contribution in [0, 0.1) is 5.92 Å². The fourth-order valence-electron chi connectivity index (χ4n) is 1.48. The third-order valence-electron chi connectivity index (χ3n) is 2.65.